The van der Waals surface area contributed by atoms with E-state index in [1.807, 2.05) is 24.5 Å². The molecule has 2 heterocycles. The topological polar surface area (TPSA) is 46.8 Å². The SMILES string of the molecule is CN(C)CCc1ncnc2c1ncn2Cc1ccccc1. The molecule has 108 valence electrons. The molecule has 0 aliphatic rings. The van der Waals surface area contributed by atoms with Crippen LogP contribution in [0.5, 0.6) is 0 Å². The maximum atomic E-state index is 4.51. The zero-order valence-corrected chi connectivity index (χ0v) is 12.4. The maximum absolute atomic E-state index is 4.51. The summed E-state index contributed by atoms with van der Waals surface area (Å²) >= 11 is 0. The number of benzene rings is 1. The fourth-order valence-electron chi connectivity index (χ4n) is 2.34. The van der Waals surface area contributed by atoms with E-state index in [9.17, 15) is 0 Å². The van der Waals surface area contributed by atoms with Crippen LogP contribution < -0.4 is 0 Å². The molecule has 0 amide bonds. The highest BCUT2D eigenvalue weighted by molar-refractivity contribution is 5.73. The first-order valence-corrected chi connectivity index (χ1v) is 7.07. The normalized spacial score (nSPS) is 11.4. The number of imidazole rings is 1. The van der Waals surface area contributed by atoms with Crippen LogP contribution in [0.4, 0.5) is 0 Å². The van der Waals surface area contributed by atoms with Crippen molar-refractivity contribution in [1.29, 1.82) is 0 Å². The Labute approximate surface area is 124 Å². The van der Waals surface area contributed by atoms with Gasteiger partial charge in [-0.3, -0.25) is 0 Å². The molecule has 0 radical (unpaired) electrons. The molecule has 0 fully saturated rings. The molecule has 1 aromatic carbocycles. The lowest BCUT2D eigenvalue weighted by Crippen LogP contribution is -2.16. The second-order valence-electron chi connectivity index (χ2n) is 5.40. The molecule has 2 aromatic heterocycles. The van der Waals surface area contributed by atoms with Gasteiger partial charge >= 0.3 is 0 Å². The predicted molar refractivity (Wildman–Crippen MR) is 83.1 cm³/mol. The van der Waals surface area contributed by atoms with Crippen molar-refractivity contribution in [2.75, 3.05) is 20.6 Å². The Morgan fingerprint density at radius 1 is 1.05 bits per heavy atom. The van der Waals surface area contributed by atoms with Crippen molar-refractivity contribution in [3.05, 3.63) is 54.2 Å². The van der Waals surface area contributed by atoms with Gasteiger partial charge in [-0.15, -0.1) is 0 Å². The quantitative estimate of drug-likeness (QED) is 0.717. The lowest BCUT2D eigenvalue weighted by atomic mass is 10.2. The summed E-state index contributed by atoms with van der Waals surface area (Å²) in [7, 11) is 4.12. The van der Waals surface area contributed by atoms with Crippen molar-refractivity contribution in [3.63, 3.8) is 0 Å². The zero-order chi connectivity index (χ0) is 14.7. The Morgan fingerprint density at radius 2 is 1.86 bits per heavy atom. The van der Waals surface area contributed by atoms with Crippen LogP contribution in [0.25, 0.3) is 11.2 Å². The van der Waals surface area contributed by atoms with Crippen LogP contribution in [0.2, 0.25) is 0 Å². The van der Waals surface area contributed by atoms with Gasteiger partial charge in [-0.2, -0.15) is 0 Å². The maximum Gasteiger partial charge on any atom is 0.163 e. The molecule has 0 aliphatic heterocycles. The number of hydrogen-bond donors (Lipinski definition) is 0. The molecule has 0 atom stereocenters. The highest BCUT2D eigenvalue weighted by atomic mass is 15.1. The van der Waals surface area contributed by atoms with Crippen LogP contribution >= 0.6 is 0 Å². The fourth-order valence-corrected chi connectivity index (χ4v) is 2.34. The van der Waals surface area contributed by atoms with Gasteiger partial charge in [0.1, 0.15) is 11.8 Å². The van der Waals surface area contributed by atoms with Gasteiger partial charge in [0, 0.05) is 13.0 Å². The molecule has 3 rings (SSSR count). The summed E-state index contributed by atoms with van der Waals surface area (Å²) in [4.78, 5) is 15.4. The van der Waals surface area contributed by atoms with Gasteiger partial charge in [0.15, 0.2) is 5.65 Å². The van der Waals surface area contributed by atoms with Crippen molar-refractivity contribution in [2.45, 2.75) is 13.0 Å². The average Bonchev–Trinajstić information content (AvgIpc) is 2.90. The molecule has 0 N–H and O–H groups in total. The molecule has 5 nitrogen and oxygen atoms in total. The number of aromatic nitrogens is 4. The van der Waals surface area contributed by atoms with Crippen molar-refractivity contribution in [1.82, 2.24) is 24.4 Å². The van der Waals surface area contributed by atoms with Crippen molar-refractivity contribution < 1.29 is 0 Å². The standard InChI is InChI=1S/C16H19N5/c1-20(2)9-8-14-15-16(18-11-17-14)21(12-19-15)10-13-6-4-3-5-7-13/h3-7,11-12H,8-10H2,1-2H3. The van der Waals surface area contributed by atoms with Crippen LogP contribution in [0.1, 0.15) is 11.3 Å². The Balaban J connectivity index is 1.90. The van der Waals surface area contributed by atoms with Crippen LogP contribution in [0.15, 0.2) is 43.0 Å². The predicted octanol–water partition coefficient (Wildman–Crippen LogP) is 1.98. The minimum Gasteiger partial charge on any atom is -0.311 e. The molecule has 21 heavy (non-hydrogen) atoms. The van der Waals surface area contributed by atoms with Gasteiger partial charge in [-0.05, 0) is 19.7 Å². The summed E-state index contributed by atoms with van der Waals surface area (Å²) in [5.41, 5.74) is 4.07. The number of hydrogen-bond acceptors (Lipinski definition) is 4. The first-order chi connectivity index (χ1) is 10.2. The summed E-state index contributed by atoms with van der Waals surface area (Å²) < 4.78 is 2.07. The largest absolute Gasteiger partial charge is 0.311 e. The lowest BCUT2D eigenvalue weighted by Gasteiger charge is -2.09. The Morgan fingerprint density at radius 3 is 2.62 bits per heavy atom. The molecular formula is C16H19N5. The minimum atomic E-state index is 0.779. The molecule has 0 spiro atoms. The molecular weight excluding hydrogens is 262 g/mol. The van der Waals surface area contributed by atoms with Crippen LogP contribution in [0.3, 0.4) is 0 Å². The zero-order valence-electron chi connectivity index (χ0n) is 12.4. The second kappa shape index (κ2) is 6.01. The van der Waals surface area contributed by atoms with Crippen LogP contribution in [-0.4, -0.2) is 45.1 Å². The molecule has 0 aliphatic carbocycles. The fraction of sp³-hybridized carbons (Fsp3) is 0.312. The summed E-state index contributed by atoms with van der Waals surface area (Å²) in [6, 6.07) is 10.3. The summed E-state index contributed by atoms with van der Waals surface area (Å²) in [6.07, 6.45) is 4.37. The minimum absolute atomic E-state index is 0.779. The molecule has 3 aromatic rings. The third-order valence-electron chi connectivity index (χ3n) is 3.47. The number of rotatable bonds is 5. The third kappa shape index (κ3) is 3.08. The van der Waals surface area contributed by atoms with E-state index >= 15 is 0 Å². The molecule has 0 saturated carbocycles. The lowest BCUT2D eigenvalue weighted by molar-refractivity contribution is 0.412. The Kier molecular flexibility index (Phi) is 3.92. The van der Waals surface area contributed by atoms with Gasteiger partial charge in [0.2, 0.25) is 0 Å². The van der Waals surface area contributed by atoms with E-state index in [1.54, 1.807) is 6.33 Å². The highest BCUT2D eigenvalue weighted by Crippen LogP contribution is 2.15. The average molecular weight is 281 g/mol. The number of nitrogens with zero attached hydrogens (tertiary/aromatic N) is 5. The van der Waals surface area contributed by atoms with E-state index in [2.05, 4.69) is 50.6 Å². The van der Waals surface area contributed by atoms with Crippen molar-refractivity contribution in [2.24, 2.45) is 0 Å². The van der Waals surface area contributed by atoms with Gasteiger partial charge < -0.3 is 9.47 Å². The summed E-state index contributed by atoms with van der Waals surface area (Å²) in [5.74, 6) is 0. The third-order valence-corrected chi connectivity index (χ3v) is 3.47. The molecule has 0 saturated heterocycles. The van der Waals surface area contributed by atoms with Crippen molar-refractivity contribution in [3.8, 4) is 0 Å². The van der Waals surface area contributed by atoms with Gasteiger partial charge in [-0.1, -0.05) is 30.3 Å². The van der Waals surface area contributed by atoms with Crippen molar-refractivity contribution >= 4 is 11.2 Å². The monoisotopic (exact) mass is 281 g/mol. The van der Waals surface area contributed by atoms with E-state index in [0.717, 1.165) is 36.4 Å². The summed E-state index contributed by atoms with van der Waals surface area (Å²) in [6.45, 7) is 1.74. The number of likely N-dealkylation sites (N-methyl/N-ethyl adjacent to an activating group) is 1. The first kappa shape index (κ1) is 13.7. The van der Waals surface area contributed by atoms with Gasteiger partial charge in [0.05, 0.1) is 18.6 Å². The Bertz CT molecular complexity index is 718. The molecule has 5 heteroatoms. The van der Waals surface area contributed by atoms with E-state index in [0.29, 0.717) is 0 Å². The van der Waals surface area contributed by atoms with E-state index < -0.39 is 0 Å². The first-order valence-electron chi connectivity index (χ1n) is 7.07. The van der Waals surface area contributed by atoms with Gasteiger partial charge in [-0.25, -0.2) is 15.0 Å². The smallest absolute Gasteiger partial charge is 0.163 e. The second-order valence-corrected chi connectivity index (χ2v) is 5.40. The van der Waals surface area contributed by atoms with E-state index in [-0.39, 0.29) is 0 Å². The summed E-state index contributed by atoms with van der Waals surface area (Å²) in [5, 5.41) is 0. The highest BCUT2D eigenvalue weighted by Gasteiger charge is 2.10. The number of fused-ring (bicyclic) bond motifs is 1. The molecule has 0 unspecified atom stereocenters. The van der Waals surface area contributed by atoms with Crippen LogP contribution in [0, 0.1) is 0 Å². The van der Waals surface area contributed by atoms with Gasteiger partial charge in [0.25, 0.3) is 0 Å². The van der Waals surface area contributed by atoms with E-state index in [4.69, 9.17) is 0 Å². The Hall–Kier alpha value is -2.27. The molecule has 0 bridgehead atoms. The van der Waals surface area contributed by atoms with Crippen LogP contribution in [-0.2, 0) is 13.0 Å². The van der Waals surface area contributed by atoms with E-state index in [1.165, 1.54) is 5.56 Å².